The summed E-state index contributed by atoms with van der Waals surface area (Å²) in [4.78, 5) is 33.0. The van der Waals surface area contributed by atoms with Crippen molar-refractivity contribution in [2.75, 3.05) is 6.61 Å². The van der Waals surface area contributed by atoms with Crippen LogP contribution in [0.25, 0.3) is 6.08 Å². The molecule has 2 N–H and O–H groups in total. The largest absolute Gasteiger partial charge is 0.493 e. The highest BCUT2D eigenvalue weighted by Gasteiger charge is 2.24. The molecular weight excluding hydrogens is 282 g/mol. The van der Waals surface area contributed by atoms with Gasteiger partial charge in [-0.1, -0.05) is 12.1 Å². The number of aliphatic carboxylic acids is 1. The summed E-state index contributed by atoms with van der Waals surface area (Å²) in [6.45, 7) is 0.0997. The number of amides is 2. The lowest BCUT2D eigenvalue weighted by molar-refractivity contribution is -0.137. The molecule has 20 heavy (non-hydrogen) atoms. The molecule has 0 aromatic heterocycles. The highest BCUT2D eigenvalue weighted by molar-refractivity contribution is 8.18. The van der Waals surface area contributed by atoms with Crippen LogP contribution in [-0.2, 0) is 9.59 Å². The Hall–Kier alpha value is -2.28. The van der Waals surface area contributed by atoms with Crippen molar-refractivity contribution in [1.82, 2.24) is 5.32 Å². The minimum absolute atomic E-state index is 0.0648. The van der Waals surface area contributed by atoms with Gasteiger partial charge in [-0.25, -0.2) is 0 Å². The molecule has 104 valence electrons. The second-order valence-corrected chi connectivity index (χ2v) is 4.93. The maximum Gasteiger partial charge on any atom is 0.306 e. The summed E-state index contributed by atoms with van der Waals surface area (Å²) in [5.41, 5.74) is 0.753. The second-order valence-electron chi connectivity index (χ2n) is 3.91. The van der Waals surface area contributed by atoms with E-state index in [1.807, 2.05) is 0 Å². The average Bonchev–Trinajstić information content (AvgIpc) is 2.69. The lowest BCUT2D eigenvalue weighted by Gasteiger charge is -2.04. The molecule has 1 aliphatic rings. The Morgan fingerprint density at radius 1 is 1.30 bits per heavy atom. The molecule has 0 spiro atoms. The first-order chi connectivity index (χ1) is 9.54. The highest BCUT2D eigenvalue weighted by atomic mass is 32.2. The molecule has 1 fully saturated rings. The van der Waals surface area contributed by atoms with Crippen LogP contribution in [0.5, 0.6) is 5.75 Å². The van der Waals surface area contributed by atoms with Gasteiger partial charge in [0, 0.05) is 0 Å². The number of carboxylic acids is 1. The smallest absolute Gasteiger partial charge is 0.306 e. The monoisotopic (exact) mass is 293 g/mol. The number of hydrogen-bond acceptors (Lipinski definition) is 5. The molecule has 1 aliphatic heterocycles. The minimum atomic E-state index is -0.916. The van der Waals surface area contributed by atoms with Crippen LogP contribution in [0.15, 0.2) is 29.2 Å². The number of hydrogen-bond donors (Lipinski definition) is 2. The van der Waals surface area contributed by atoms with Crippen molar-refractivity contribution in [2.45, 2.75) is 6.42 Å². The van der Waals surface area contributed by atoms with Crippen molar-refractivity contribution in [2.24, 2.45) is 0 Å². The van der Waals surface area contributed by atoms with E-state index in [0.717, 1.165) is 17.3 Å². The van der Waals surface area contributed by atoms with Crippen LogP contribution in [-0.4, -0.2) is 28.8 Å². The van der Waals surface area contributed by atoms with Gasteiger partial charge in [0.1, 0.15) is 5.75 Å². The fourth-order valence-corrected chi connectivity index (χ4v) is 2.17. The van der Waals surface area contributed by atoms with E-state index in [0.29, 0.717) is 10.7 Å². The molecule has 0 radical (unpaired) electrons. The van der Waals surface area contributed by atoms with Gasteiger partial charge in [-0.05, 0) is 35.5 Å². The molecule has 0 saturated carbocycles. The fraction of sp³-hybridized carbons (Fsp3) is 0.154. The standard InChI is InChI=1S/C13H11NO5S/c15-11(16)5-6-19-9-3-1-8(2-4-9)7-10-12(17)14-13(18)20-10/h1-4,7H,5-6H2,(H,15,16)(H,14,17,18)/b10-7+. The van der Waals surface area contributed by atoms with Crippen LogP contribution >= 0.6 is 11.8 Å². The van der Waals surface area contributed by atoms with Crippen LogP contribution in [0.4, 0.5) is 4.79 Å². The summed E-state index contributed by atoms with van der Waals surface area (Å²) in [5.74, 6) is -0.768. The topological polar surface area (TPSA) is 92.7 Å². The van der Waals surface area contributed by atoms with E-state index in [1.54, 1.807) is 30.3 Å². The number of ether oxygens (including phenoxy) is 1. The van der Waals surface area contributed by atoms with Crippen LogP contribution in [0, 0.1) is 0 Å². The van der Waals surface area contributed by atoms with E-state index in [9.17, 15) is 14.4 Å². The van der Waals surface area contributed by atoms with E-state index in [1.165, 1.54) is 0 Å². The summed E-state index contributed by atoms with van der Waals surface area (Å²) in [5, 5.41) is 10.3. The number of carbonyl (C=O) groups excluding carboxylic acids is 2. The summed E-state index contributed by atoms with van der Waals surface area (Å²) >= 11 is 0.855. The first-order valence-corrected chi connectivity index (χ1v) is 6.56. The number of carboxylic acid groups (broad SMARTS) is 1. The molecule has 0 aliphatic carbocycles. The molecule has 0 bridgehead atoms. The van der Waals surface area contributed by atoms with Gasteiger partial charge in [0.2, 0.25) is 0 Å². The molecule has 0 unspecified atom stereocenters. The van der Waals surface area contributed by atoms with E-state index < -0.39 is 11.9 Å². The van der Waals surface area contributed by atoms with Gasteiger partial charge < -0.3 is 9.84 Å². The van der Waals surface area contributed by atoms with Gasteiger partial charge in [-0.3, -0.25) is 19.7 Å². The minimum Gasteiger partial charge on any atom is -0.493 e. The number of imide groups is 1. The lowest BCUT2D eigenvalue weighted by Crippen LogP contribution is -2.17. The zero-order valence-corrected chi connectivity index (χ0v) is 11.1. The van der Waals surface area contributed by atoms with Crippen molar-refractivity contribution in [1.29, 1.82) is 0 Å². The molecular formula is C13H11NO5S. The first-order valence-electron chi connectivity index (χ1n) is 5.74. The van der Waals surface area contributed by atoms with Crippen LogP contribution in [0.2, 0.25) is 0 Å². The summed E-state index contributed by atoms with van der Waals surface area (Å²) in [6, 6.07) is 6.79. The fourth-order valence-electron chi connectivity index (χ4n) is 1.49. The van der Waals surface area contributed by atoms with Gasteiger partial charge in [-0.15, -0.1) is 0 Å². The lowest BCUT2D eigenvalue weighted by atomic mass is 10.2. The maximum absolute atomic E-state index is 11.4. The van der Waals surface area contributed by atoms with Crippen molar-refractivity contribution in [3.05, 3.63) is 34.7 Å². The SMILES string of the molecule is O=C(O)CCOc1ccc(/C=C2/SC(=O)NC2=O)cc1. The quantitative estimate of drug-likeness (QED) is 0.805. The summed E-state index contributed by atoms with van der Waals surface area (Å²) in [6.07, 6.45) is 1.54. The molecule has 1 saturated heterocycles. The number of thioether (sulfide) groups is 1. The Bertz CT molecular complexity index is 579. The second kappa shape index (κ2) is 6.25. The summed E-state index contributed by atoms with van der Waals surface area (Å²) in [7, 11) is 0. The molecule has 2 amide bonds. The van der Waals surface area contributed by atoms with Crippen LogP contribution < -0.4 is 10.1 Å². The van der Waals surface area contributed by atoms with Crippen molar-refractivity contribution >= 4 is 35.0 Å². The Labute approximate surface area is 118 Å². The van der Waals surface area contributed by atoms with Crippen molar-refractivity contribution < 1.29 is 24.2 Å². The van der Waals surface area contributed by atoms with E-state index in [4.69, 9.17) is 9.84 Å². The van der Waals surface area contributed by atoms with Crippen LogP contribution in [0.3, 0.4) is 0 Å². The van der Waals surface area contributed by atoms with Crippen molar-refractivity contribution in [3.63, 3.8) is 0 Å². The zero-order chi connectivity index (χ0) is 14.5. The van der Waals surface area contributed by atoms with Gasteiger partial charge >= 0.3 is 5.97 Å². The predicted molar refractivity (Wildman–Crippen MR) is 73.3 cm³/mol. The van der Waals surface area contributed by atoms with E-state index >= 15 is 0 Å². The molecule has 1 heterocycles. The Kier molecular flexibility index (Phi) is 4.41. The maximum atomic E-state index is 11.4. The Morgan fingerprint density at radius 2 is 2.00 bits per heavy atom. The zero-order valence-electron chi connectivity index (χ0n) is 10.3. The highest BCUT2D eigenvalue weighted by Crippen LogP contribution is 2.26. The van der Waals surface area contributed by atoms with E-state index in [2.05, 4.69) is 5.32 Å². The number of nitrogens with one attached hydrogen (secondary N) is 1. The van der Waals surface area contributed by atoms with Crippen LogP contribution in [0.1, 0.15) is 12.0 Å². The van der Waals surface area contributed by atoms with Crippen molar-refractivity contribution in [3.8, 4) is 5.75 Å². The molecule has 0 atom stereocenters. The normalized spacial score (nSPS) is 16.3. The van der Waals surface area contributed by atoms with Gasteiger partial charge in [0.15, 0.2) is 0 Å². The number of carbonyl (C=O) groups is 3. The molecule has 7 heteroatoms. The Morgan fingerprint density at radius 3 is 2.55 bits per heavy atom. The average molecular weight is 293 g/mol. The van der Waals surface area contributed by atoms with E-state index in [-0.39, 0.29) is 18.3 Å². The molecule has 1 aromatic carbocycles. The molecule has 1 aromatic rings. The van der Waals surface area contributed by atoms with Gasteiger partial charge in [0.05, 0.1) is 17.9 Å². The predicted octanol–water partition coefficient (Wildman–Crippen LogP) is 1.86. The summed E-state index contributed by atoms with van der Waals surface area (Å²) < 4.78 is 5.24. The van der Waals surface area contributed by atoms with Gasteiger partial charge in [0.25, 0.3) is 11.1 Å². The third kappa shape index (κ3) is 3.86. The Balaban J connectivity index is 1.98. The number of rotatable bonds is 5. The van der Waals surface area contributed by atoms with Gasteiger partial charge in [-0.2, -0.15) is 0 Å². The third-order valence-electron chi connectivity index (χ3n) is 2.40. The molecule has 2 rings (SSSR count). The third-order valence-corrected chi connectivity index (χ3v) is 3.22. The molecule has 6 nitrogen and oxygen atoms in total. The number of benzene rings is 1. The first kappa shape index (κ1) is 14.1.